The number of aliphatic hydroxyl groups is 1. The van der Waals surface area contributed by atoms with Crippen molar-refractivity contribution in [1.82, 2.24) is 4.90 Å². The molecule has 0 saturated carbocycles. The summed E-state index contributed by atoms with van der Waals surface area (Å²) in [5, 5.41) is 8.79. The molecule has 0 atom stereocenters. The van der Waals surface area contributed by atoms with Crippen LogP contribution in [0.25, 0.3) is 0 Å². The number of esters is 1. The number of carbonyl (C=O) groups is 1. The van der Waals surface area contributed by atoms with Gasteiger partial charge < -0.3 is 14.7 Å². The first-order chi connectivity index (χ1) is 5.27. The third kappa shape index (κ3) is 1.71. The minimum absolute atomic E-state index is 0.0705. The first-order valence-electron chi connectivity index (χ1n) is 3.51. The van der Waals surface area contributed by atoms with Crippen molar-refractivity contribution >= 4 is 5.97 Å². The minimum Gasteiger partial charge on any atom is -0.456 e. The van der Waals surface area contributed by atoms with Gasteiger partial charge in [-0.25, -0.2) is 4.79 Å². The Morgan fingerprint density at radius 1 is 1.82 bits per heavy atom. The normalized spacial score (nSPS) is 16.2. The van der Waals surface area contributed by atoms with Crippen LogP contribution in [-0.2, 0) is 9.53 Å². The first kappa shape index (κ1) is 8.07. The van der Waals surface area contributed by atoms with Crippen LogP contribution < -0.4 is 0 Å². The molecule has 1 aliphatic rings. The Kier molecular flexibility index (Phi) is 2.48. The second-order valence-corrected chi connectivity index (χ2v) is 2.24. The summed E-state index contributed by atoms with van der Waals surface area (Å²) in [7, 11) is 0. The van der Waals surface area contributed by atoms with Crippen molar-refractivity contribution in [2.24, 2.45) is 0 Å². The fraction of sp³-hybridized carbons (Fsp3) is 0.571. The molecule has 1 rings (SSSR count). The number of hydrogen-bond acceptors (Lipinski definition) is 4. The van der Waals surface area contributed by atoms with E-state index in [4.69, 9.17) is 5.11 Å². The van der Waals surface area contributed by atoms with Gasteiger partial charge in [-0.3, -0.25) is 0 Å². The predicted octanol–water partition coefficient (Wildman–Crippen LogP) is -0.301. The number of hydrogen-bond donors (Lipinski definition) is 1. The third-order valence-electron chi connectivity index (χ3n) is 1.61. The summed E-state index contributed by atoms with van der Waals surface area (Å²) in [6.45, 7) is 2.80. The lowest BCUT2D eigenvalue weighted by Crippen LogP contribution is -2.24. The molecule has 0 amide bonds. The molecule has 1 N–H and O–H groups in total. The summed E-state index contributed by atoms with van der Waals surface area (Å²) < 4.78 is 4.67. The van der Waals surface area contributed by atoms with Crippen LogP contribution in [0.15, 0.2) is 11.8 Å². The van der Waals surface area contributed by atoms with Crippen LogP contribution >= 0.6 is 0 Å². The van der Waals surface area contributed by atoms with E-state index in [9.17, 15) is 4.79 Å². The zero-order valence-electron chi connectivity index (χ0n) is 6.41. The van der Waals surface area contributed by atoms with Gasteiger partial charge in [-0.2, -0.15) is 0 Å². The highest BCUT2D eigenvalue weighted by molar-refractivity contribution is 5.85. The first-order valence-corrected chi connectivity index (χ1v) is 3.51. The van der Waals surface area contributed by atoms with Gasteiger partial charge in [-0.1, -0.05) is 0 Å². The lowest BCUT2D eigenvalue weighted by Gasteiger charge is -2.19. The van der Waals surface area contributed by atoms with Gasteiger partial charge in [0, 0.05) is 12.6 Å². The highest BCUT2D eigenvalue weighted by Gasteiger charge is 2.16. The van der Waals surface area contributed by atoms with Crippen molar-refractivity contribution in [1.29, 1.82) is 0 Å². The van der Waals surface area contributed by atoms with E-state index in [2.05, 4.69) is 4.74 Å². The molecule has 1 heterocycles. The van der Waals surface area contributed by atoms with Crippen LogP contribution in [-0.4, -0.2) is 35.9 Å². The zero-order chi connectivity index (χ0) is 8.27. The highest BCUT2D eigenvalue weighted by atomic mass is 16.5. The van der Waals surface area contributed by atoms with Gasteiger partial charge in [0.05, 0.1) is 5.70 Å². The molecule has 62 valence electrons. The van der Waals surface area contributed by atoms with Crippen LogP contribution in [0.5, 0.6) is 0 Å². The van der Waals surface area contributed by atoms with Gasteiger partial charge in [0.1, 0.15) is 13.3 Å². The molecule has 0 spiro atoms. The topological polar surface area (TPSA) is 49.8 Å². The monoisotopic (exact) mass is 157 g/mol. The molecule has 0 aliphatic carbocycles. The molecule has 4 heteroatoms. The quantitative estimate of drug-likeness (QED) is 0.451. The Bertz CT molecular complexity index is 184. The van der Waals surface area contributed by atoms with E-state index in [-0.39, 0.29) is 19.3 Å². The SMILES string of the molecule is CCN(CO)C1=CC(=O)OC1. The smallest absolute Gasteiger partial charge is 0.333 e. The van der Waals surface area contributed by atoms with Crippen LogP contribution in [0.2, 0.25) is 0 Å². The maximum absolute atomic E-state index is 10.6. The van der Waals surface area contributed by atoms with E-state index in [1.165, 1.54) is 6.08 Å². The molecule has 0 aromatic rings. The lowest BCUT2D eigenvalue weighted by atomic mass is 10.4. The summed E-state index contributed by atoms with van der Waals surface area (Å²) in [6.07, 6.45) is 1.40. The summed E-state index contributed by atoms with van der Waals surface area (Å²) >= 11 is 0. The molecule has 0 aromatic heterocycles. The highest BCUT2D eigenvalue weighted by Crippen LogP contribution is 2.09. The summed E-state index contributed by atoms with van der Waals surface area (Å²) in [4.78, 5) is 12.3. The number of likely N-dealkylation sites (N-methyl/N-ethyl adjacent to an activating group) is 1. The average Bonchev–Trinajstić information content (AvgIpc) is 2.39. The summed E-state index contributed by atoms with van der Waals surface area (Å²) in [5.74, 6) is -0.327. The Balaban J connectivity index is 2.58. The van der Waals surface area contributed by atoms with Crippen molar-refractivity contribution in [3.8, 4) is 0 Å². The molecule has 0 aromatic carbocycles. The largest absolute Gasteiger partial charge is 0.456 e. The van der Waals surface area contributed by atoms with Gasteiger partial charge in [0.25, 0.3) is 0 Å². The van der Waals surface area contributed by atoms with Crippen molar-refractivity contribution in [2.45, 2.75) is 6.92 Å². The van der Waals surface area contributed by atoms with E-state index < -0.39 is 0 Å². The van der Waals surface area contributed by atoms with Gasteiger partial charge in [0.15, 0.2) is 0 Å². The Labute approximate surface area is 65.1 Å². The van der Waals surface area contributed by atoms with Crippen molar-refractivity contribution in [2.75, 3.05) is 19.9 Å². The number of ether oxygens (including phenoxy) is 1. The van der Waals surface area contributed by atoms with Gasteiger partial charge in [-0.05, 0) is 6.92 Å². The molecule has 0 bridgehead atoms. The van der Waals surface area contributed by atoms with Crippen LogP contribution in [0, 0.1) is 0 Å². The third-order valence-corrected chi connectivity index (χ3v) is 1.61. The minimum atomic E-state index is -0.327. The molecule has 0 fully saturated rings. The second-order valence-electron chi connectivity index (χ2n) is 2.24. The van der Waals surface area contributed by atoms with E-state index in [1.807, 2.05) is 6.92 Å². The Hall–Kier alpha value is -1.03. The summed E-state index contributed by atoms with van der Waals surface area (Å²) in [5.41, 5.74) is 0.750. The van der Waals surface area contributed by atoms with Crippen molar-refractivity contribution in [3.05, 3.63) is 11.8 Å². The Morgan fingerprint density at radius 2 is 2.55 bits per heavy atom. The number of carbonyl (C=O) groups excluding carboxylic acids is 1. The zero-order valence-corrected chi connectivity index (χ0v) is 6.41. The van der Waals surface area contributed by atoms with E-state index in [0.29, 0.717) is 6.54 Å². The fourth-order valence-electron chi connectivity index (χ4n) is 0.941. The van der Waals surface area contributed by atoms with E-state index >= 15 is 0 Å². The standard InChI is InChI=1S/C7H11NO3/c1-2-8(5-9)6-3-7(10)11-4-6/h3,9H,2,4-5H2,1H3. The second kappa shape index (κ2) is 3.39. The molecule has 0 radical (unpaired) electrons. The molecule has 0 unspecified atom stereocenters. The number of aliphatic hydroxyl groups excluding tert-OH is 1. The van der Waals surface area contributed by atoms with Gasteiger partial charge >= 0.3 is 5.97 Å². The average molecular weight is 157 g/mol. The number of cyclic esters (lactones) is 1. The van der Waals surface area contributed by atoms with Crippen LogP contribution in [0.4, 0.5) is 0 Å². The van der Waals surface area contributed by atoms with Crippen LogP contribution in [0.3, 0.4) is 0 Å². The molecule has 11 heavy (non-hydrogen) atoms. The van der Waals surface area contributed by atoms with Crippen molar-refractivity contribution < 1.29 is 14.6 Å². The molecular formula is C7H11NO3. The van der Waals surface area contributed by atoms with Gasteiger partial charge in [0.2, 0.25) is 0 Å². The fourth-order valence-corrected chi connectivity index (χ4v) is 0.941. The maximum Gasteiger partial charge on any atom is 0.333 e. The van der Waals surface area contributed by atoms with Gasteiger partial charge in [-0.15, -0.1) is 0 Å². The molecule has 1 aliphatic heterocycles. The summed E-state index contributed by atoms with van der Waals surface area (Å²) in [6, 6.07) is 0. The lowest BCUT2D eigenvalue weighted by molar-refractivity contribution is -0.135. The number of nitrogens with zero attached hydrogens (tertiary/aromatic N) is 1. The maximum atomic E-state index is 10.6. The molecule has 0 saturated heterocycles. The molecule has 4 nitrogen and oxygen atoms in total. The van der Waals surface area contributed by atoms with E-state index in [1.54, 1.807) is 4.90 Å². The number of rotatable bonds is 3. The Morgan fingerprint density at radius 3 is 2.91 bits per heavy atom. The van der Waals surface area contributed by atoms with Crippen molar-refractivity contribution in [3.63, 3.8) is 0 Å². The van der Waals surface area contributed by atoms with E-state index in [0.717, 1.165) is 5.70 Å². The van der Waals surface area contributed by atoms with Crippen LogP contribution in [0.1, 0.15) is 6.92 Å². The predicted molar refractivity (Wildman–Crippen MR) is 38.5 cm³/mol. The molecular weight excluding hydrogens is 146 g/mol.